The van der Waals surface area contributed by atoms with Crippen molar-refractivity contribution in [3.63, 3.8) is 0 Å². The molecule has 3 rings (SSSR count). The Morgan fingerprint density at radius 2 is 2.32 bits per heavy atom. The molecule has 1 aliphatic rings. The lowest BCUT2D eigenvalue weighted by Gasteiger charge is -2.37. The summed E-state index contributed by atoms with van der Waals surface area (Å²) in [5.41, 5.74) is 0.402. The van der Waals surface area contributed by atoms with Crippen molar-refractivity contribution in [2.45, 2.75) is 43.9 Å². The first-order chi connectivity index (χ1) is 12.0. The molecule has 1 N–H and O–H groups in total. The zero-order valence-corrected chi connectivity index (χ0v) is 15.1. The molecule has 8 heteroatoms. The van der Waals surface area contributed by atoms with Gasteiger partial charge in [0.25, 0.3) is 11.3 Å². The Morgan fingerprint density at radius 3 is 3.08 bits per heavy atom. The van der Waals surface area contributed by atoms with Crippen LogP contribution in [0.2, 0.25) is 0 Å². The zero-order valence-electron chi connectivity index (χ0n) is 14.3. The summed E-state index contributed by atoms with van der Waals surface area (Å²) in [6.45, 7) is 7.55. The molecule has 2 aromatic heterocycles. The predicted molar refractivity (Wildman–Crippen MR) is 97.7 cm³/mol. The van der Waals surface area contributed by atoms with Crippen molar-refractivity contribution in [1.29, 1.82) is 0 Å². The largest absolute Gasteiger partial charge is 0.332 e. The Labute approximate surface area is 149 Å². The van der Waals surface area contributed by atoms with Crippen molar-refractivity contribution in [3.05, 3.63) is 46.9 Å². The zero-order chi connectivity index (χ0) is 18.0. The van der Waals surface area contributed by atoms with Crippen LogP contribution >= 0.6 is 11.8 Å². The molecule has 2 aromatic rings. The summed E-state index contributed by atoms with van der Waals surface area (Å²) < 4.78 is 1.28. The van der Waals surface area contributed by atoms with Crippen molar-refractivity contribution < 1.29 is 4.79 Å². The Balaban J connectivity index is 1.73. The topological polar surface area (TPSA) is 83.4 Å². The van der Waals surface area contributed by atoms with E-state index in [9.17, 15) is 9.59 Å². The van der Waals surface area contributed by atoms with Crippen LogP contribution in [0.15, 0.2) is 40.8 Å². The van der Waals surface area contributed by atoms with E-state index >= 15 is 0 Å². The van der Waals surface area contributed by atoms with Gasteiger partial charge in [0.05, 0.1) is 5.75 Å². The number of H-pyrrole nitrogens is 1. The quantitative estimate of drug-likeness (QED) is 0.651. The Hall–Kier alpha value is -2.35. The number of carbonyl (C=O) groups is 1. The van der Waals surface area contributed by atoms with Gasteiger partial charge in [0.1, 0.15) is 0 Å². The van der Waals surface area contributed by atoms with E-state index < -0.39 is 0 Å². The number of hydrogen-bond acceptors (Lipinski definition) is 5. The van der Waals surface area contributed by atoms with Gasteiger partial charge in [-0.05, 0) is 26.7 Å². The number of thioether (sulfide) groups is 1. The Morgan fingerprint density at radius 1 is 1.52 bits per heavy atom. The molecule has 0 fully saturated rings. The van der Waals surface area contributed by atoms with E-state index in [4.69, 9.17) is 0 Å². The highest BCUT2D eigenvalue weighted by Gasteiger charge is 2.28. The van der Waals surface area contributed by atoms with Gasteiger partial charge >= 0.3 is 0 Å². The SMILES string of the molecule is C=CC[C@@H]1CC=C[C@@H](C)N1C(=O)CSc1nc2nc(C)cc(=O)n2[nH]1. The van der Waals surface area contributed by atoms with Gasteiger partial charge in [-0.1, -0.05) is 30.0 Å². The number of fused-ring (bicyclic) bond motifs is 1. The number of nitrogens with one attached hydrogen (secondary N) is 1. The van der Waals surface area contributed by atoms with Gasteiger partial charge in [-0.15, -0.1) is 6.58 Å². The van der Waals surface area contributed by atoms with E-state index in [1.807, 2.05) is 17.9 Å². The van der Waals surface area contributed by atoms with E-state index in [0.717, 1.165) is 12.8 Å². The number of aryl methyl sites for hydroxylation is 1. The number of rotatable bonds is 5. The van der Waals surface area contributed by atoms with Gasteiger partial charge in [0.15, 0.2) is 5.16 Å². The lowest BCUT2D eigenvalue weighted by atomic mass is 10.0. The fourth-order valence-corrected chi connectivity index (χ4v) is 3.76. The van der Waals surface area contributed by atoms with Crippen LogP contribution in [0.5, 0.6) is 0 Å². The fraction of sp³-hybridized carbons (Fsp3) is 0.412. The second-order valence-corrected chi connectivity index (χ2v) is 7.04. The average Bonchev–Trinajstić information content (AvgIpc) is 2.96. The van der Waals surface area contributed by atoms with Crippen molar-refractivity contribution >= 4 is 23.4 Å². The molecular formula is C17H21N5O2S. The molecule has 0 aliphatic carbocycles. The normalized spacial score (nSPS) is 20.2. The first-order valence-corrected chi connectivity index (χ1v) is 9.16. The number of amides is 1. The molecule has 25 heavy (non-hydrogen) atoms. The van der Waals surface area contributed by atoms with E-state index in [2.05, 4.69) is 33.8 Å². The highest BCUT2D eigenvalue weighted by Crippen LogP contribution is 2.23. The number of nitrogens with zero attached hydrogens (tertiary/aromatic N) is 4. The molecule has 7 nitrogen and oxygen atoms in total. The van der Waals surface area contributed by atoms with Gasteiger partial charge in [0.2, 0.25) is 5.91 Å². The van der Waals surface area contributed by atoms with Crippen molar-refractivity contribution in [2.24, 2.45) is 0 Å². The molecule has 1 amide bonds. The molecule has 0 saturated carbocycles. The maximum absolute atomic E-state index is 12.7. The van der Waals surface area contributed by atoms with Crippen molar-refractivity contribution in [3.8, 4) is 0 Å². The molecule has 1 aliphatic heterocycles. The van der Waals surface area contributed by atoms with Crippen molar-refractivity contribution in [2.75, 3.05) is 5.75 Å². The number of carbonyl (C=O) groups excluding carboxylic acids is 1. The second kappa shape index (κ2) is 7.26. The van der Waals surface area contributed by atoms with Crippen LogP contribution in [0.25, 0.3) is 5.78 Å². The average molecular weight is 359 g/mol. The number of aromatic nitrogens is 4. The molecular weight excluding hydrogens is 338 g/mol. The third-order valence-corrected chi connectivity index (χ3v) is 5.00. The number of aromatic amines is 1. The van der Waals surface area contributed by atoms with Crippen LogP contribution in [0, 0.1) is 6.92 Å². The molecule has 2 atom stereocenters. The van der Waals surface area contributed by atoms with Crippen LogP contribution in [0.1, 0.15) is 25.5 Å². The standard InChI is InChI=1S/C17H21N5O2S/c1-4-6-13-8-5-7-12(3)21(13)15(24)10-25-17-19-16-18-11(2)9-14(23)22(16)20-17/h4-5,7,9,12-13H,1,6,8,10H2,2-3H3,(H,18,19,20)/t12-,13-/m1/s1. The van der Waals surface area contributed by atoms with Gasteiger partial charge < -0.3 is 4.90 Å². The smallest absolute Gasteiger partial charge is 0.274 e. The van der Waals surface area contributed by atoms with Crippen LogP contribution in [-0.4, -0.2) is 48.2 Å². The highest BCUT2D eigenvalue weighted by molar-refractivity contribution is 7.99. The maximum atomic E-state index is 12.7. The van der Waals surface area contributed by atoms with Gasteiger partial charge in [0, 0.05) is 23.8 Å². The minimum atomic E-state index is -0.214. The summed E-state index contributed by atoms with van der Waals surface area (Å²) in [6, 6.07) is 1.65. The maximum Gasteiger partial charge on any atom is 0.274 e. The first-order valence-electron chi connectivity index (χ1n) is 8.17. The number of hydrogen-bond donors (Lipinski definition) is 1. The molecule has 0 aromatic carbocycles. The summed E-state index contributed by atoms with van der Waals surface area (Å²) in [6.07, 6.45) is 7.64. The minimum absolute atomic E-state index is 0.0469. The molecule has 0 spiro atoms. The van der Waals surface area contributed by atoms with Crippen LogP contribution in [0.3, 0.4) is 0 Å². The third-order valence-electron chi connectivity index (χ3n) is 4.15. The highest BCUT2D eigenvalue weighted by atomic mass is 32.2. The summed E-state index contributed by atoms with van der Waals surface area (Å²) in [5, 5.41) is 3.39. The monoisotopic (exact) mass is 359 g/mol. The van der Waals surface area contributed by atoms with E-state index in [1.54, 1.807) is 6.92 Å². The molecule has 3 heterocycles. The summed E-state index contributed by atoms with van der Waals surface area (Å²) in [5.74, 6) is 0.615. The van der Waals surface area contributed by atoms with E-state index in [1.165, 1.54) is 22.3 Å². The lowest BCUT2D eigenvalue weighted by molar-refractivity contribution is -0.132. The third kappa shape index (κ3) is 3.68. The summed E-state index contributed by atoms with van der Waals surface area (Å²) in [7, 11) is 0. The minimum Gasteiger partial charge on any atom is -0.332 e. The Bertz CT molecular complexity index is 885. The first kappa shape index (κ1) is 17.5. The molecule has 0 saturated heterocycles. The van der Waals surface area contributed by atoms with E-state index in [0.29, 0.717) is 16.6 Å². The predicted octanol–water partition coefficient (Wildman–Crippen LogP) is 1.94. The van der Waals surface area contributed by atoms with Crippen LogP contribution in [-0.2, 0) is 4.79 Å². The second-order valence-electron chi connectivity index (χ2n) is 6.07. The van der Waals surface area contributed by atoms with Gasteiger partial charge in [-0.2, -0.15) is 9.50 Å². The lowest BCUT2D eigenvalue weighted by Crippen LogP contribution is -2.47. The summed E-state index contributed by atoms with van der Waals surface area (Å²) >= 11 is 1.28. The van der Waals surface area contributed by atoms with Gasteiger partial charge in [-0.3, -0.25) is 14.7 Å². The molecule has 0 radical (unpaired) electrons. The Kier molecular flexibility index (Phi) is 5.08. The molecule has 132 valence electrons. The van der Waals surface area contributed by atoms with E-state index in [-0.39, 0.29) is 29.3 Å². The van der Waals surface area contributed by atoms with Crippen LogP contribution in [0.4, 0.5) is 0 Å². The fourth-order valence-electron chi connectivity index (χ4n) is 3.05. The molecule has 0 bridgehead atoms. The van der Waals surface area contributed by atoms with Crippen LogP contribution < -0.4 is 5.56 Å². The van der Waals surface area contributed by atoms with Gasteiger partial charge in [-0.25, -0.2) is 4.98 Å². The summed E-state index contributed by atoms with van der Waals surface area (Å²) in [4.78, 5) is 35.0. The molecule has 0 unspecified atom stereocenters. The van der Waals surface area contributed by atoms with Crippen molar-refractivity contribution in [1.82, 2.24) is 24.5 Å².